The number of aromatic hydroxyl groups is 1. The van der Waals surface area contributed by atoms with Gasteiger partial charge in [0.05, 0.1) is 0 Å². The number of rotatable bonds is 2. The van der Waals surface area contributed by atoms with Crippen molar-refractivity contribution in [2.45, 2.75) is 6.92 Å². The van der Waals surface area contributed by atoms with Crippen molar-refractivity contribution in [1.82, 2.24) is 15.0 Å². The molecule has 0 bridgehead atoms. The van der Waals surface area contributed by atoms with Crippen LogP contribution in [0, 0.1) is 0 Å². The van der Waals surface area contributed by atoms with E-state index in [1.807, 2.05) is 0 Å². The van der Waals surface area contributed by atoms with Gasteiger partial charge < -0.3 is 5.11 Å². The molecule has 5 heteroatoms. The Labute approximate surface area is 91.8 Å². The average molecular weight is 215 g/mol. The summed E-state index contributed by atoms with van der Waals surface area (Å²) < 4.78 is 0. The Hall–Kier alpha value is -2.30. The van der Waals surface area contributed by atoms with E-state index in [4.69, 9.17) is 0 Å². The molecule has 80 valence electrons. The fraction of sp³-hybridized carbons (Fsp3) is 0.0909. The summed E-state index contributed by atoms with van der Waals surface area (Å²) in [5.74, 6) is -0.401. The number of aromatic nitrogens is 3. The molecule has 16 heavy (non-hydrogen) atoms. The standard InChI is InChI=1S/C11H9N3O2/c1-7(15)11-10(16)2-8(5-14-11)9-3-12-6-13-4-9/h2-6,16H,1H3. The molecule has 0 radical (unpaired) electrons. The maximum absolute atomic E-state index is 11.1. The Kier molecular flexibility index (Phi) is 2.59. The van der Waals surface area contributed by atoms with Gasteiger partial charge in [0, 0.05) is 36.6 Å². The highest BCUT2D eigenvalue weighted by Crippen LogP contribution is 2.23. The molecule has 0 saturated heterocycles. The lowest BCUT2D eigenvalue weighted by atomic mass is 10.1. The molecule has 0 aromatic carbocycles. The van der Waals surface area contributed by atoms with Crippen LogP contribution < -0.4 is 0 Å². The van der Waals surface area contributed by atoms with Gasteiger partial charge in [-0.1, -0.05) is 0 Å². The van der Waals surface area contributed by atoms with Crippen molar-refractivity contribution in [3.63, 3.8) is 0 Å². The maximum Gasteiger partial charge on any atom is 0.181 e. The van der Waals surface area contributed by atoms with Gasteiger partial charge in [0.1, 0.15) is 17.8 Å². The van der Waals surface area contributed by atoms with E-state index >= 15 is 0 Å². The van der Waals surface area contributed by atoms with E-state index in [-0.39, 0.29) is 17.2 Å². The van der Waals surface area contributed by atoms with Crippen molar-refractivity contribution >= 4 is 5.78 Å². The number of Topliss-reactive ketones (excluding diaryl/α,β-unsaturated/α-hetero) is 1. The summed E-state index contributed by atoms with van der Waals surface area (Å²) in [5.41, 5.74) is 1.48. The minimum absolute atomic E-state index is 0.0700. The van der Waals surface area contributed by atoms with Crippen molar-refractivity contribution < 1.29 is 9.90 Å². The van der Waals surface area contributed by atoms with Gasteiger partial charge >= 0.3 is 0 Å². The quantitative estimate of drug-likeness (QED) is 0.767. The molecular formula is C11H9N3O2. The lowest BCUT2D eigenvalue weighted by molar-refractivity contribution is 0.101. The predicted octanol–water partition coefficient (Wildman–Crippen LogP) is 1.45. The van der Waals surface area contributed by atoms with Crippen LogP contribution in [0.4, 0.5) is 0 Å². The second-order valence-electron chi connectivity index (χ2n) is 3.28. The number of hydrogen-bond donors (Lipinski definition) is 1. The smallest absolute Gasteiger partial charge is 0.181 e. The highest BCUT2D eigenvalue weighted by atomic mass is 16.3. The summed E-state index contributed by atoms with van der Waals surface area (Å²) in [4.78, 5) is 22.7. The zero-order chi connectivity index (χ0) is 11.5. The van der Waals surface area contributed by atoms with E-state index in [9.17, 15) is 9.90 Å². The molecule has 0 aliphatic rings. The van der Waals surface area contributed by atoms with Crippen LogP contribution >= 0.6 is 0 Å². The van der Waals surface area contributed by atoms with Crippen LogP contribution in [-0.4, -0.2) is 25.8 Å². The summed E-state index contributed by atoms with van der Waals surface area (Å²) in [6.07, 6.45) is 6.14. The van der Waals surface area contributed by atoms with Crippen LogP contribution in [-0.2, 0) is 0 Å². The minimum Gasteiger partial charge on any atom is -0.506 e. The van der Waals surface area contributed by atoms with E-state index in [0.717, 1.165) is 5.56 Å². The fourth-order valence-electron chi connectivity index (χ4n) is 1.33. The Bertz CT molecular complexity index is 526. The molecule has 5 nitrogen and oxygen atoms in total. The molecule has 0 atom stereocenters. The summed E-state index contributed by atoms with van der Waals surface area (Å²) in [5, 5.41) is 9.60. The molecule has 0 amide bonds. The van der Waals surface area contributed by atoms with Gasteiger partial charge in [0.25, 0.3) is 0 Å². The van der Waals surface area contributed by atoms with Gasteiger partial charge in [-0.2, -0.15) is 0 Å². The normalized spacial score (nSPS) is 10.1. The molecule has 2 rings (SSSR count). The lowest BCUT2D eigenvalue weighted by Crippen LogP contribution is -1.97. The molecular weight excluding hydrogens is 206 g/mol. The number of carbonyl (C=O) groups is 1. The Balaban J connectivity index is 2.46. The van der Waals surface area contributed by atoms with Crippen LogP contribution in [0.3, 0.4) is 0 Å². The number of pyridine rings is 1. The first kappa shape index (κ1) is 10.2. The second kappa shape index (κ2) is 4.06. The third-order valence-electron chi connectivity index (χ3n) is 2.09. The van der Waals surface area contributed by atoms with E-state index in [2.05, 4.69) is 15.0 Å². The highest BCUT2D eigenvalue weighted by Gasteiger charge is 2.09. The Morgan fingerprint density at radius 3 is 2.44 bits per heavy atom. The van der Waals surface area contributed by atoms with Crippen molar-refractivity contribution in [2.75, 3.05) is 0 Å². The van der Waals surface area contributed by atoms with Crippen LogP contribution in [0.5, 0.6) is 5.75 Å². The first-order chi connectivity index (χ1) is 7.68. The second-order valence-corrected chi connectivity index (χ2v) is 3.28. The third kappa shape index (κ3) is 1.88. The van der Waals surface area contributed by atoms with Gasteiger partial charge in [0.15, 0.2) is 5.78 Å². The molecule has 0 saturated carbocycles. The van der Waals surface area contributed by atoms with E-state index in [1.54, 1.807) is 12.4 Å². The van der Waals surface area contributed by atoms with E-state index in [1.165, 1.54) is 25.5 Å². The van der Waals surface area contributed by atoms with Crippen molar-refractivity contribution in [1.29, 1.82) is 0 Å². The molecule has 1 N–H and O–H groups in total. The maximum atomic E-state index is 11.1. The number of nitrogens with zero attached hydrogens (tertiary/aromatic N) is 3. The third-order valence-corrected chi connectivity index (χ3v) is 2.09. The molecule has 0 fully saturated rings. The number of carbonyl (C=O) groups excluding carboxylic acids is 1. The van der Waals surface area contributed by atoms with Crippen molar-refractivity contribution in [3.8, 4) is 16.9 Å². The topological polar surface area (TPSA) is 76.0 Å². The van der Waals surface area contributed by atoms with E-state index < -0.39 is 0 Å². The SMILES string of the molecule is CC(=O)c1ncc(-c2cncnc2)cc1O. The fourth-order valence-corrected chi connectivity index (χ4v) is 1.33. The Morgan fingerprint density at radius 2 is 1.88 bits per heavy atom. The van der Waals surface area contributed by atoms with Gasteiger partial charge in [-0.25, -0.2) is 15.0 Å². The molecule has 0 unspecified atom stereocenters. The highest BCUT2D eigenvalue weighted by molar-refractivity contribution is 5.95. The van der Waals surface area contributed by atoms with E-state index in [0.29, 0.717) is 5.56 Å². The van der Waals surface area contributed by atoms with Gasteiger partial charge in [-0.05, 0) is 6.07 Å². The van der Waals surface area contributed by atoms with Gasteiger partial charge in [0.2, 0.25) is 0 Å². The summed E-state index contributed by atoms with van der Waals surface area (Å²) in [6, 6.07) is 1.47. The molecule has 0 spiro atoms. The summed E-state index contributed by atoms with van der Waals surface area (Å²) in [7, 11) is 0. The largest absolute Gasteiger partial charge is 0.506 e. The van der Waals surface area contributed by atoms with Crippen LogP contribution in [0.1, 0.15) is 17.4 Å². The van der Waals surface area contributed by atoms with Crippen LogP contribution in [0.2, 0.25) is 0 Å². The first-order valence-corrected chi connectivity index (χ1v) is 4.64. The molecule has 0 aliphatic carbocycles. The minimum atomic E-state index is -0.270. The van der Waals surface area contributed by atoms with Crippen molar-refractivity contribution in [2.24, 2.45) is 0 Å². The lowest BCUT2D eigenvalue weighted by Gasteiger charge is -2.03. The molecule has 2 aromatic rings. The molecule has 2 aromatic heterocycles. The van der Waals surface area contributed by atoms with Crippen LogP contribution in [0.15, 0.2) is 31.0 Å². The zero-order valence-corrected chi connectivity index (χ0v) is 8.58. The first-order valence-electron chi connectivity index (χ1n) is 4.64. The Morgan fingerprint density at radius 1 is 1.19 bits per heavy atom. The van der Waals surface area contributed by atoms with Gasteiger partial charge in [-0.3, -0.25) is 4.79 Å². The number of ketones is 1. The van der Waals surface area contributed by atoms with Gasteiger partial charge in [-0.15, -0.1) is 0 Å². The average Bonchev–Trinajstić information content (AvgIpc) is 2.29. The summed E-state index contributed by atoms with van der Waals surface area (Å²) in [6.45, 7) is 1.35. The molecule has 2 heterocycles. The van der Waals surface area contributed by atoms with Crippen molar-refractivity contribution in [3.05, 3.63) is 36.7 Å². The summed E-state index contributed by atoms with van der Waals surface area (Å²) >= 11 is 0. The molecule has 0 aliphatic heterocycles. The monoisotopic (exact) mass is 215 g/mol. The zero-order valence-electron chi connectivity index (χ0n) is 8.58. The number of hydrogen-bond acceptors (Lipinski definition) is 5. The predicted molar refractivity (Wildman–Crippen MR) is 56.9 cm³/mol. The van der Waals surface area contributed by atoms with Crippen LogP contribution in [0.25, 0.3) is 11.1 Å².